The van der Waals surface area contributed by atoms with E-state index in [2.05, 4.69) is 0 Å². The van der Waals surface area contributed by atoms with Crippen LogP contribution in [0.1, 0.15) is 37.4 Å². The zero-order valence-corrected chi connectivity index (χ0v) is 15.8. The Labute approximate surface area is 170 Å². The Morgan fingerprint density at radius 3 is 1.43 bits per heavy atom. The summed E-state index contributed by atoms with van der Waals surface area (Å²) in [5.41, 5.74) is -1.50. The average molecular weight is 417 g/mol. The fraction of sp³-hybridized carbons (Fsp3) is 0.0476. The van der Waals surface area contributed by atoms with Gasteiger partial charge in [-0.3, -0.25) is 0 Å². The summed E-state index contributed by atoms with van der Waals surface area (Å²) in [5.74, 6) is -2.78. The van der Waals surface area contributed by atoms with Crippen LogP contribution < -0.4 is 0 Å². The van der Waals surface area contributed by atoms with Gasteiger partial charge in [-0.2, -0.15) is 0 Å². The lowest BCUT2D eigenvalue weighted by molar-refractivity contribution is 0.0650. The minimum Gasteiger partial charge on any atom is -0.478 e. The number of aliphatic hydroxyl groups is 1. The Bertz CT molecular complexity index is 998. The predicted octanol–water partition coefficient (Wildman–Crippen LogP) is 4.67. The summed E-state index contributed by atoms with van der Waals surface area (Å²) in [7, 11) is 0. The van der Waals surface area contributed by atoms with E-state index in [9.17, 15) is 24.9 Å². The predicted molar refractivity (Wildman–Crippen MR) is 105 cm³/mol. The minimum absolute atomic E-state index is 0.194. The molecule has 0 spiro atoms. The highest BCUT2D eigenvalue weighted by Crippen LogP contribution is 2.38. The van der Waals surface area contributed by atoms with Crippen molar-refractivity contribution in [3.63, 3.8) is 0 Å². The van der Waals surface area contributed by atoms with Crippen LogP contribution in [0.4, 0.5) is 0 Å². The molecule has 5 nitrogen and oxygen atoms in total. The molecule has 0 saturated carbocycles. The molecule has 0 atom stereocenters. The van der Waals surface area contributed by atoms with E-state index in [4.69, 9.17) is 23.2 Å². The van der Waals surface area contributed by atoms with Crippen LogP contribution in [0.15, 0.2) is 66.7 Å². The Hall–Kier alpha value is -2.86. The summed E-state index contributed by atoms with van der Waals surface area (Å²) in [6.45, 7) is 0. The highest BCUT2D eigenvalue weighted by molar-refractivity contribution is 6.30. The van der Waals surface area contributed by atoms with Crippen LogP contribution >= 0.6 is 23.2 Å². The van der Waals surface area contributed by atoms with E-state index in [1.807, 2.05) is 0 Å². The van der Waals surface area contributed by atoms with Crippen LogP contribution in [0, 0.1) is 0 Å². The number of hydrogen-bond acceptors (Lipinski definition) is 3. The maximum Gasteiger partial charge on any atom is 0.336 e. The largest absolute Gasteiger partial charge is 0.478 e. The molecule has 0 heterocycles. The minimum atomic E-state index is -1.75. The number of carboxylic acid groups (broad SMARTS) is 2. The second-order valence-electron chi connectivity index (χ2n) is 6.09. The molecule has 0 aliphatic rings. The maximum absolute atomic E-state index is 11.7. The van der Waals surface area contributed by atoms with Gasteiger partial charge in [0.25, 0.3) is 0 Å². The average Bonchev–Trinajstić information content (AvgIpc) is 2.68. The molecule has 7 heteroatoms. The van der Waals surface area contributed by atoms with Crippen LogP contribution in [0.25, 0.3) is 0 Å². The SMILES string of the molecule is O=C(O)c1ccc(C(O)(c2ccc(Cl)cc2)c2ccc(Cl)cc2)cc1C(=O)O. The molecule has 0 bridgehead atoms. The number of aromatic carboxylic acids is 2. The Morgan fingerprint density at radius 1 is 0.643 bits per heavy atom. The summed E-state index contributed by atoms with van der Waals surface area (Å²) in [4.78, 5) is 22.9. The molecule has 0 saturated heterocycles. The summed E-state index contributed by atoms with van der Waals surface area (Å²) < 4.78 is 0. The molecule has 0 unspecified atom stereocenters. The van der Waals surface area contributed by atoms with Crippen molar-refractivity contribution in [3.8, 4) is 0 Å². The van der Waals surface area contributed by atoms with Crippen LogP contribution in [0.5, 0.6) is 0 Å². The van der Waals surface area contributed by atoms with Crippen molar-refractivity contribution in [1.82, 2.24) is 0 Å². The fourth-order valence-electron chi connectivity index (χ4n) is 3.01. The Morgan fingerprint density at radius 2 is 1.04 bits per heavy atom. The van der Waals surface area contributed by atoms with Gasteiger partial charge in [0.1, 0.15) is 5.60 Å². The van der Waals surface area contributed by atoms with Crippen molar-refractivity contribution in [3.05, 3.63) is 105 Å². The maximum atomic E-state index is 11.7. The third-order valence-corrected chi connectivity index (χ3v) is 4.93. The van der Waals surface area contributed by atoms with Gasteiger partial charge < -0.3 is 15.3 Å². The van der Waals surface area contributed by atoms with E-state index >= 15 is 0 Å². The third-order valence-electron chi connectivity index (χ3n) is 4.42. The van der Waals surface area contributed by atoms with Crippen LogP contribution in [-0.2, 0) is 5.60 Å². The van der Waals surface area contributed by atoms with Crippen LogP contribution in [-0.4, -0.2) is 27.3 Å². The smallest absolute Gasteiger partial charge is 0.336 e. The van der Waals surface area contributed by atoms with Gasteiger partial charge in [0.15, 0.2) is 0 Å². The number of hydrogen-bond donors (Lipinski definition) is 3. The van der Waals surface area contributed by atoms with Crippen molar-refractivity contribution in [2.24, 2.45) is 0 Å². The van der Waals surface area contributed by atoms with Crippen molar-refractivity contribution >= 4 is 35.1 Å². The quantitative estimate of drug-likeness (QED) is 0.525. The first-order valence-electron chi connectivity index (χ1n) is 8.09. The molecule has 28 heavy (non-hydrogen) atoms. The molecule has 3 aromatic carbocycles. The van der Waals surface area contributed by atoms with Gasteiger partial charge in [0, 0.05) is 10.0 Å². The van der Waals surface area contributed by atoms with Gasteiger partial charge in [-0.05, 0) is 53.1 Å². The first kappa shape index (κ1) is 19.9. The van der Waals surface area contributed by atoms with Crippen LogP contribution in [0.3, 0.4) is 0 Å². The van der Waals surface area contributed by atoms with Crippen molar-refractivity contribution < 1.29 is 24.9 Å². The fourth-order valence-corrected chi connectivity index (χ4v) is 3.27. The molecule has 0 aliphatic carbocycles. The summed E-state index contributed by atoms with van der Waals surface area (Å²) in [5, 5.41) is 31.3. The lowest BCUT2D eigenvalue weighted by Crippen LogP contribution is -2.29. The van der Waals surface area contributed by atoms with E-state index in [0.717, 1.165) is 12.1 Å². The summed E-state index contributed by atoms with van der Waals surface area (Å²) >= 11 is 11.9. The molecule has 3 N–H and O–H groups in total. The van der Waals surface area contributed by atoms with Gasteiger partial charge in [0.05, 0.1) is 11.1 Å². The van der Waals surface area contributed by atoms with E-state index in [0.29, 0.717) is 21.2 Å². The van der Waals surface area contributed by atoms with Crippen molar-refractivity contribution in [2.45, 2.75) is 5.60 Å². The number of carbonyl (C=O) groups is 2. The van der Waals surface area contributed by atoms with E-state index in [1.165, 1.54) is 6.07 Å². The summed E-state index contributed by atoms with van der Waals surface area (Å²) in [6.07, 6.45) is 0. The third kappa shape index (κ3) is 3.60. The standard InChI is InChI=1S/C21H14Cl2O5/c22-15-6-1-12(2-7-15)21(28,13-3-8-16(23)9-4-13)14-5-10-17(19(24)25)18(11-14)20(26)27/h1-11,28H,(H,24,25)(H,26,27). The first-order valence-corrected chi connectivity index (χ1v) is 8.84. The van der Waals surface area contributed by atoms with Gasteiger partial charge in [-0.25, -0.2) is 9.59 Å². The van der Waals surface area contributed by atoms with Gasteiger partial charge in [-0.15, -0.1) is 0 Å². The highest BCUT2D eigenvalue weighted by Gasteiger charge is 2.35. The van der Waals surface area contributed by atoms with E-state index < -0.39 is 23.1 Å². The number of carboxylic acids is 2. The number of benzene rings is 3. The molecule has 142 valence electrons. The zero-order chi connectivity index (χ0) is 20.5. The molecule has 3 aromatic rings. The van der Waals surface area contributed by atoms with Gasteiger partial charge in [-0.1, -0.05) is 53.5 Å². The highest BCUT2D eigenvalue weighted by atomic mass is 35.5. The van der Waals surface area contributed by atoms with Crippen LogP contribution in [0.2, 0.25) is 10.0 Å². The van der Waals surface area contributed by atoms with Crippen molar-refractivity contribution in [2.75, 3.05) is 0 Å². The second-order valence-corrected chi connectivity index (χ2v) is 6.97. The number of rotatable bonds is 5. The molecule has 3 rings (SSSR count). The molecule has 0 aliphatic heterocycles. The van der Waals surface area contributed by atoms with E-state index in [1.54, 1.807) is 48.5 Å². The molecule has 0 radical (unpaired) electrons. The molecule has 0 amide bonds. The number of halogens is 2. The molecular weight excluding hydrogens is 403 g/mol. The summed E-state index contributed by atoms with van der Waals surface area (Å²) in [6, 6.07) is 16.6. The van der Waals surface area contributed by atoms with Gasteiger partial charge in [0.2, 0.25) is 0 Å². The second kappa shape index (κ2) is 7.64. The van der Waals surface area contributed by atoms with Crippen molar-refractivity contribution in [1.29, 1.82) is 0 Å². The molecule has 0 aromatic heterocycles. The lowest BCUT2D eigenvalue weighted by Gasteiger charge is -2.30. The topological polar surface area (TPSA) is 94.8 Å². The normalized spacial score (nSPS) is 11.2. The van der Waals surface area contributed by atoms with E-state index in [-0.39, 0.29) is 11.1 Å². The first-order chi connectivity index (χ1) is 13.2. The Kier molecular flexibility index (Phi) is 5.42. The monoisotopic (exact) mass is 416 g/mol. The Balaban J connectivity index is 2.29. The van der Waals surface area contributed by atoms with Gasteiger partial charge >= 0.3 is 11.9 Å². The molecule has 0 fully saturated rings. The molecular formula is C21H14Cl2O5. The zero-order valence-electron chi connectivity index (χ0n) is 14.3. The lowest BCUT2D eigenvalue weighted by atomic mass is 9.79.